The van der Waals surface area contributed by atoms with Gasteiger partial charge in [-0.05, 0) is 19.9 Å². The van der Waals surface area contributed by atoms with Crippen LogP contribution in [0, 0.1) is 12.8 Å². The van der Waals surface area contributed by atoms with Crippen molar-refractivity contribution in [2.75, 3.05) is 13.1 Å². The Morgan fingerprint density at radius 2 is 2.10 bits per heavy atom. The number of alkyl halides is 2. The number of carbonyl (C=O) groups is 2. The molecule has 8 heteroatoms. The molecule has 0 fully saturated rings. The van der Waals surface area contributed by atoms with Crippen LogP contribution in [0.5, 0.6) is 5.75 Å². The Balaban J connectivity index is 2.97. The van der Waals surface area contributed by atoms with E-state index in [0.717, 1.165) is 11.3 Å². The van der Waals surface area contributed by atoms with E-state index in [-0.39, 0.29) is 23.7 Å². The first-order valence-electron chi connectivity index (χ1n) is 6.33. The monoisotopic (exact) mass is 321 g/mol. The first kappa shape index (κ1) is 17.4. The third-order valence-corrected chi connectivity index (χ3v) is 3.84. The van der Waals surface area contributed by atoms with Crippen LogP contribution in [0.1, 0.15) is 28.4 Å². The van der Waals surface area contributed by atoms with Gasteiger partial charge >= 0.3 is 12.6 Å². The molecule has 118 valence electrons. The van der Waals surface area contributed by atoms with Gasteiger partial charge in [-0.25, -0.2) is 0 Å². The van der Waals surface area contributed by atoms with Crippen LogP contribution in [0.25, 0.3) is 0 Å². The molecule has 21 heavy (non-hydrogen) atoms. The van der Waals surface area contributed by atoms with Crippen molar-refractivity contribution >= 4 is 23.2 Å². The van der Waals surface area contributed by atoms with Crippen LogP contribution in [-0.4, -0.2) is 41.6 Å². The Morgan fingerprint density at radius 1 is 1.48 bits per heavy atom. The highest BCUT2D eigenvalue weighted by Gasteiger charge is 2.25. The number of hydrogen-bond acceptors (Lipinski definition) is 4. The van der Waals surface area contributed by atoms with E-state index >= 15 is 0 Å². The Bertz CT molecular complexity index is 518. The largest absolute Gasteiger partial charge is 0.481 e. The lowest BCUT2D eigenvalue weighted by atomic mass is 10.1. The molecule has 5 nitrogen and oxygen atoms in total. The van der Waals surface area contributed by atoms with Gasteiger partial charge in [0.1, 0.15) is 10.6 Å². The van der Waals surface area contributed by atoms with Crippen LogP contribution in [0.3, 0.4) is 0 Å². The lowest BCUT2D eigenvalue weighted by Crippen LogP contribution is -2.36. The average molecular weight is 321 g/mol. The van der Waals surface area contributed by atoms with E-state index in [0.29, 0.717) is 4.88 Å². The van der Waals surface area contributed by atoms with Gasteiger partial charge in [0, 0.05) is 18.0 Å². The zero-order valence-electron chi connectivity index (χ0n) is 11.9. The van der Waals surface area contributed by atoms with Crippen LogP contribution < -0.4 is 4.74 Å². The van der Waals surface area contributed by atoms with Gasteiger partial charge in [-0.1, -0.05) is 6.92 Å². The zero-order chi connectivity index (χ0) is 16.2. The molecule has 1 atom stereocenters. The Labute approximate surface area is 125 Å². The number of hydrogen-bond donors (Lipinski definition) is 1. The Hall–Kier alpha value is -1.70. The molecule has 0 bridgehead atoms. The maximum absolute atomic E-state index is 12.4. The number of carboxylic acids is 1. The second-order valence-corrected chi connectivity index (χ2v) is 5.77. The van der Waals surface area contributed by atoms with Gasteiger partial charge in [0.25, 0.3) is 5.91 Å². The molecule has 1 amide bonds. The van der Waals surface area contributed by atoms with E-state index in [1.165, 1.54) is 17.9 Å². The lowest BCUT2D eigenvalue weighted by molar-refractivity contribution is -0.141. The molecule has 1 aromatic heterocycles. The molecule has 0 radical (unpaired) electrons. The van der Waals surface area contributed by atoms with Gasteiger partial charge in [0.15, 0.2) is 0 Å². The number of aliphatic carboxylic acids is 1. The summed E-state index contributed by atoms with van der Waals surface area (Å²) in [5, 5.41) is 8.90. The second-order valence-electron chi connectivity index (χ2n) is 4.51. The van der Waals surface area contributed by atoms with Crippen molar-refractivity contribution in [1.29, 1.82) is 0 Å². The highest BCUT2D eigenvalue weighted by atomic mass is 32.1. The van der Waals surface area contributed by atoms with Gasteiger partial charge in [-0.15, -0.1) is 11.3 Å². The number of aryl methyl sites for hydroxylation is 1. The minimum absolute atomic E-state index is 0.00966. The zero-order valence-corrected chi connectivity index (χ0v) is 12.7. The normalized spacial score (nSPS) is 12.3. The molecule has 0 unspecified atom stereocenters. The number of ether oxygens (including phenoxy) is 1. The molecule has 0 spiro atoms. The number of carboxylic acid groups (broad SMARTS) is 1. The van der Waals surface area contributed by atoms with Crippen molar-refractivity contribution in [2.24, 2.45) is 5.92 Å². The fourth-order valence-corrected chi connectivity index (χ4v) is 2.64. The lowest BCUT2D eigenvalue weighted by Gasteiger charge is -2.22. The summed E-state index contributed by atoms with van der Waals surface area (Å²) in [6.45, 7) is 2.13. The molecule has 1 heterocycles. The summed E-state index contributed by atoms with van der Waals surface area (Å²) >= 11 is 1.05. The fraction of sp³-hybridized carbons (Fsp3) is 0.538. The Kier molecular flexibility index (Phi) is 6.07. The first-order chi connectivity index (χ1) is 9.76. The van der Waals surface area contributed by atoms with Crippen molar-refractivity contribution in [1.82, 2.24) is 4.90 Å². The minimum Gasteiger partial charge on any atom is -0.481 e. The molecule has 0 aliphatic carbocycles. The maximum atomic E-state index is 12.4. The molecule has 0 aliphatic heterocycles. The topological polar surface area (TPSA) is 66.8 Å². The highest BCUT2D eigenvalue weighted by molar-refractivity contribution is 7.14. The van der Waals surface area contributed by atoms with Gasteiger partial charge in [0.2, 0.25) is 0 Å². The van der Waals surface area contributed by atoms with E-state index in [1.54, 1.807) is 13.8 Å². The molecule has 0 saturated carbocycles. The highest BCUT2D eigenvalue weighted by Crippen LogP contribution is 2.31. The summed E-state index contributed by atoms with van der Waals surface area (Å²) in [6.07, 6.45) is 0. The van der Waals surface area contributed by atoms with Crippen LogP contribution in [0.15, 0.2) is 6.07 Å². The quantitative estimate of drug-likeness (QED) is 0.838. The van der Waals surface area contributed by atoms with Crippen molar-refractivity contribution in [2.45, 2.75) is 27.4 Å². The van der Waals surface area contributed by atoms with Crippen LogP contribution >= 0.6 is 11.3 Å². The third kappa shape index (κ3) is 4.66. The molecule has 0 aliphatic rings. The number of amides is 1. The standard InChI is InChI=1S/C13H17F2NO4S/c1-4-16(6-7(2)12(18)19)11(17)10-9(20-13(14)15)5-8(3)21-10/h5,7,13H,4,6H2,1-3H3,(H,18,19)/t7-/m0/s1. The molecule has 1 N–H and O–H groups in total. The number of thiophene rings is 1. The van der Waals surface area contributed by atoms with E-state index in [9.17, 15) is 18.4 Å². The summed E-state index contributed by atoms with van der Waals surface area (Å²) in [5.41, 5.74) is 0. The maximum Gasteiger partial charge on any atom is 0.387 e. The van der Waals surface area contributed by atoms with Gasteiger partial charge in [-0.3, -0.25) is 9.59 Å². The van der Waals surface area contributed by atoms with Gasteiger partial charge in [0.05, 0.1) is 5.92 Å². The van der Waals surface area contributed by atoms with Gasteiger partial charge < -0.3 is 14.7 Å². The van der Waals surface area contributed by atoms with Crippen LogP contribution in [0.4, 0.5) is 8.78 Å². The number of rotatable bonds is 7. The van der Waals surface area contributed by atoms with E-state index in [1.807, 2.05) is 0 Å². The number of nitrogens with zero attached hydrogens (tertiary/aromatic N) is 1. The van der Waals surface area contributed by atoms with E-state index in [2.05, 4.69) is 4.74 Å². The van der Waals surface area contributed by atoms with Crippen LogP contribution in [0.2, 0.25) is 0 Å². The summed E-state index contributed by atoms with van der Waals surface area (Å²) in [4.78, 5) is 25.3. The Morgan fingerprint density at radius 3 is 2.57 bits per heavy atom. The molecular weight excluding hydrogens is 304 g/mol. The first-order valence-corrected chi connectivity index (χ1v) is 7.15. The van der Waals surface area contributed by atoms with Gasteiger partial charge in [-0.2, -0.15) is 8.78 Å². The molecular formula is C13H17F2NO4S. The summed E-state index contributed by atoms with van der Waals surface area (Å²) in [6, 6.07) is 1.37. The smallest absolute Gasteiger partial charge is 0.387 e. The fourth-order valence-electron chi connectivity index (χ4n) is 1.73. The van der Waals surface area contributed by atoms with Crippen molar-refractivity contribution in [3.05, 3.63) is 15.8 Å². The summed E-state index contributed by atoms with van der Waals surface area (Å²) in [7, 11) is 0. The predicted molar refractivity (Wildman–Crippen MR) is 74.1 cm³/mol. The minimum atomic E-state index is -3.02. The summed E-state index contributed by atoms with van der Waals surface area (Å²) in [5.74, 6) is -2.43. The molecule has 0 aromatic carbocycles. The SMILES string of the molecule is CCN(C[C@H](C)C(=O)O)C(=O)c1sc(C)cc1OC(F)F. The summed E-state index contributed by atoms with van der Waals surface area (Å²) < 4.78 is 29.1. The number of carbonyl (C=O) groups excluding carboxylic acids is 1. The van der Waals surface area contributed by atoms with Crippen molar-refractivity contribution in [3.8, 4) is 5.75 Å². The molecule has 1 aromatic rings. The van der Waals surface area contributed by atoms with E-state index in [4.69, 9.17) is 5.11 Å². The van der Waals surface area contributed by atoms with E-state index < -0.39 is 24.4 Å². The predicted octanol–water partition coefficient (Wildman–Crippen LogP) is 2.84. The third-order valence-electron chi connectivity index (χ3n) is 2.82. The molecule has 0 saturated heterocycles. The second kappa shape index (κ2) is 7.35. The van der Waals surface area contributed by atoms with Crippen molar-refractivity contribution in [3.63, 3.8) is 0 Å². The average Bonchev–Trinajstić information content (AvgIpc) is 2.74. The van der Waals surface area contributed by atoms with Crippen molar-refractivity contribution < 1.29 is 28.2 Å². The number of halogens is 2. The van der Waals surface area contributed by atoms with Crippen LogP contribution in [-0.2, 0) is 4.79 Å². The molecule has 1 rings (SSSR count).